The fourth-order valence-corrected chi connectivity index (χ4v) is 0.530. The normalized spacial score (nSPS) is 7.38. The van der Waals surface area contributed by atoms with Crippen molar-refractivity contribution in [3.63, 3.8) is 0 Å². The summed E-state index contributed by atoms with van der Waals surface area (Å²) in [5, 5.41) is 0.394. The van der Waals surface area contributed by atoms with E-state index in [1.807, 2.05) is 0 Å². The van der Waals surface area contributed by atoms with E-state index in [0.29, 0.717) is 11.7 Å². The highest BCUT2D eigenvalue weighted by molar-refractivity contribution is 7.78. The second-order valence-electron chi connectivity index (χ2n) is 1.04. The molecule has 0 saturated carbocycles. The fraction of sp³-hybridized carbons (Fsp3) is 0.667. The van der Waals surface area contributed by atoms with Crippen LogP contribution in [0.4, 0.5) is 0 Å². The predicted octanol–water partition coefficient (Wildman–Crippen LogP) is -4.96. The lowest BCUT2D eigenvalue weighted by Crippen LogP contribution is -3.00. The van der Waals surface area contributed by atoms with Crippen LogP contribution in [-0.2, 0) is 11.4 Å². The Balaban J connectivity index is 0. The topological polar surface area (TPSA) is 78.1 Å². The lowest BCUT2D eigenvalue weighted by Gasteiger charge is -1.69. The van der Waals surface area contributed by atoms with Crippen LogP contribution in [-0.4, -0.2) is 17.4 Å². The molecule has 0 aromatic carbocycles. The lowest BCUT2D eigenvalue weighted by atomic mass is 10.8. The van der Waals surface area contributed by atoms with Gasteiger partial charge in [-0.05, 0) is 0 Å². The molecule has 0 atom stereocenters. The molecule has 0 aliphatic heterocycles. The Morgan fingerprint density at radius 3 is 2.00 bits per heavy atom. The lowest BCUT2D eigenvalue weighted by molar-refractivity contribution is -0.00000177. The molecule has 0 rings (SSSR count). The molecule has 0 fully saturated rings. The van der Waals surface area contributed by atoms with Crippen LogP contribution in [0, 0.1) is 0 Å². The first-order chi connectivity index (χ1) is 3.27. The Hall–Kier alpha value is 0.450. The maximum atomic E-state index is 5.13. The van der Waals surface area contributed by atoms with Gasteiger partial charge in [-0.1, -0.05) is 0 Å². The highest BCUT2D eigenvalue weighted by Gasteiger charge is 1.92. The van der Waals surface area contributed by atoms with Gasteiger partial charge in [0, 0.05) is 6.54 Å². The summed E-state index contributed by atoms with van der Waals surface area (Å²) < 4.78 is 0. The zero-order valence-corrected chi connectivity index (χ0v) is 6.83. The molecule has 0 aromatic rings. The van der Waals surface area contributed by atoms with Crippen molar-refractivity contribution < 1.29 is 17.0 Å². The average Bonchev–Trinajstić information content (AvgIpc) is 1.61. The summed E-state index contributed by atoms with van der Waals surface area (Å²) in [4.78, 5) is 0. The van der Waals surface area contributed by atoms with E-state index in [1.54, 1.807) is 0 Å². The number of rotatable bonds is 2. The van der Waals surface area contributed by atoms with E-state index in [9.17, 15) is 0 Å². The van der Waals surface area contributed by atoms with Crippen molar-refractivity contribution in [2.75, 3.05) is 12.3 Å². The summed E-state index contributed by atoms with van der Waals surface area (Å²) in [5.74, 6) is 0.808. The summed E-state index contributed by atoms with van der Waals surface area (Å²) in [6.45, 7) is 0.628. The summed E-state index contributed by atoms with van der Waals surface area (Å²) in [6.07, 6.45) is 0. The van der Waals surface area contributed by atoms with E-state index in [1.165, 1.54) is 11.4 Å². The summed E-state index contributed by atoms with van der Waals surface area (Å²) >= 11 is 1.38. The van der Waals surface area contributed by atoms with E-state index in [0.717, 1.165) is 5.75 Å². The molecule has 5 heteroatoms. The van der Waals surface area contributed by atoms with Crippen LogP contribution in [0.5, 0.6) is 0 Å². The Labute approximate surface area is 63.3 Å². The second kappa shape index (κ2) is 7.45. The average molecular weight is 200 g/mol. The van der Waals surface area contributed by atoms with Gasteiger partial charge < -0.3 is 22.7 Å². The summed E-state index contributed by atoms with van der Waals surface area (Å²) in [6, 6.07) is 0. The molecule has 8 heavy (non-hydrogen) atoms. The first kappa shape index (κ1) is 11.3. The van der Waals surface area contributed by atoms with Gasteiger partial charge in [0.1, 0.15) is 0 Å². The van der Waals surface area contributed by atoms with Gasteiger partial charge in [0.05, 0.1) is 0 Å². The zero-order valence-electron chi connectivity index (χ0n) is 4.43. The van der Waals surface area contributed by atoms with Crippen LogP contribution in [0.15, 0.2) is 0 Å². The minimum atomic E-state index is 0. The maximum absolute atomic E-state index is 5.13. The number of halogens is 1. The van der Waals surface area contributed by atoms with Crippen LogP contribution in [0.25, 0.3) is 0 Å². The molecular formula is C3H10BrN3S. The highest BCUT2D eigenvalue weighted by Crippen LogP contribution is 1.52. The molecule has 0 radical (unpaired) electrons. The van der Waals surface area contributed by atoms with E-state index in [2.05, 4.69) is 0 Å². The van der Waals surface area contributed by atoms with Crippen molar-refractivity contribution in [2.24, 2.45) is 17.2 Å². The van der Waals surface area contributed by atoms with E-state index >= 15 is 0 Å². The number of hydrogen-bond donors (Lipinski definition) is 3. The van der Waals surface area contributed by atoms with Gasteiger partial charge in [-0.3, -0.25) is 0 Å². The Morgan fingerprint density at radius 1 is 1.38 bits per heavy atom. The Bertz CT molecular complexity index is 70.9. The third kappa shape index (κ3) is 9.67. The van der Waals surface area contributed by atoms with Crippen LogP contribution in [0.2, 0.25) is 0 Å². The summed E-state index contributed by atoms with van der Waals surface area (Å²) in [7, 11) is 0. The van der Waals surface area contributed by atoms with Gasteiger partial charge in [0.15, 0.2) is 5.75 Å². The SMILES string of the molecule is NCC[S+]=C(N)N.[Br-]. The first-order valence-electron chi connectivity index (χ1n) is 1.98. The van der Waals surface area contributed by atoms with Crippen molar-refractivity contribution in [3.05, 3.63) is 0 Å². The number of hydrogen-bond acceptors (Lipinski definition) is 1. The highest BCUT2D eigenvalue weighted by atomic mass is 79.9. The molecule has 0 saturated heterocycles. The molecule has 50 valence electrons. The van der Waals surface area contributed by atoms with Gasteiger partial charge in [-0.25, -0.2) is 11.5 Å². The zero-order chi connectivity index (χ0) is 5.70. The molecule has 0 aliphatic rings. The minimum Gasteiger partial charge on any atom is -1.00 e. The predicted molar refractivity (Wildman–Crippen MR) is 34.7 cm³/mol. The molecule has 0 unspecified atom stereocenters. The largest absolute Gasteiger partial charge is 1.00 e. The molecule has 0 spiro atoms. The standard InChI is InChI=1S/C3H10N3S.BrH/c4-1-2-7-3(5)6;/h1-2,4-6H2;1H/q+1;/p-1. The van der Waals surface area contributed by atoms with Gasteiger partial charge in [0.25, 0.3) is 0 Å². The van der Waals surface area contributed by atoms with Gasteiger partial charge in [0.2, 0.25) is 11.4 Å². The van der Waals surface area contributed by atoms with E-state index < -0.39 is 0 Å². The Kier molecular flexibility index (Phi) is 10.5. The van der Waals surface area contributed by atoms with Gasteiger partial charge in [-0.15, -0.1) is 0 Å². The van der Waals surface area contributed by atoms with Gasteiger partial charge in [-0.2, -0.15) is 0 Å². The van der Waals surface area contributed by atoms with Crippen molar-refractivity contribution in [2.45, 2.75) is 0 Å². The van der Waals surface area contributed by atoms with Crippen molar-refractivity contribution in [1.82, 2.24) is 0 Å². The van der Waals surface area contributed by atoms with Crippen molar-refractivity contribution >= 4 is 16.5 Å². The molecule has 3 nitrogen and oxygen atoms in total. The molecule has 0 amide bonds. The van der Waals surface area contributed by atoms with Crippen LogP contribution in [0.3, 0.4) is 0 Å². The maximum Gasteiger partial charge on any atom is 0.314 e. The number of nitrogens with two attached hydrogens (primary N) is 3. The monoisotopic (exact) mass is 199 g/mol. The van der Waals surface area contributed by atoms with Crippen LogP contribution < -0.4 is 34.2 Å². The first-order valence-corrected chi connectivity index (χ1v) is 2.96. The smallest absolute Gasteiger partial charge is 0.314 e. The molecular weight excluding hydrogens is 190 g/mol. The minimum absolute atomic E-state index is 0. The van der Waals surface area contributed by atoms with Crippen molar-refractivity contribution in [3.8, 4) is 0 Å². The quantitative estimate of drug-likeness (QED) is 0.308. The van der Waals surface area contributed by atoms with Gasteiger partial charge >= 0.3 is 5.11 Å². The van der Waals surface area contributed by atoms with Crippen LogP contribution in [0.1, 0.15) is 0 Å². The molecule has 0 bridgehead atoms. The second-order valence-corrected chi connectivity index (χ2v) is 2.21. The summed E-state index contributed by atoms with van der Waals surface area (Å²) in [5.41, 5.74) is 15.3. The van der Waals surface area contributed by atoms with E-state index in [-0.39, 0.29) is 17.0 Å². The molecule has 0 heterocycles. The Morgan fingerprint density at radius 2 is 1.88 bits per heavy atom. The van der Waals surface area contributed by atoms with Crippen molar-refractivity contribution in [1.29, 1.82) is 0 Å². The molecule has 6 N–H and O–H groups in total. The van der Waals surface area contributed by atoms with Crippen LogP contribution >= 0.6 is 0 Å². The van der Waals surface area contributed by atoms with E-state index in [4.69, 9.17) is 17.2 Å². The molecule has 0 aromatic heterocycles. The third-order valence-electron chi connectivity index (χ3n) is 0.387. The third-order valence-corrected chi connectivity index (χ3v) is 1.16. The molecule has 0 aliphatic carbocycles. The fourth-order valence-electron chi connectivity index (χ4n) is 0.177.